The van der Waals surface area contributed by atoms with Crippen molar-refractivity contribution >= 4 is 27.5 Å². The van der Waals surface area contributed by atoms with Crippen LogP contribution in [0.4, 0.5) is 4.39 Å². The fourth-order valence-electron chi connectivity index (χ4n) is 2.66. The minimum absolute atomic E-state index is 0.168. The van der Waals surface area contributed by atoms with E-state index in [0.29, 0.717) is 5.92 Å². The van der Waals surface area contributed by atoms with Crippen LogP contribution in [0.5, 0.6) is 0 Å². The fourth-order valence-corrected chi connectivity index (χ4v) is 3.38. The van der Waals surface area contributed by atoms with Gasteiger partial charge in [0, 0.05) is 9.85 Å². The zero-order chi connectivity index (χ0) is 12.4. The summed E-state index contributed by atoms with van der Waals surface area (Å²) in [5.74, 6) is 1.04. The number of halogens is 3. The highest BCUT2D eigenvalue weighted by atomic mass is 79.9. The van der Waals surface area contributed by atoms with Gasteiger partial charge in [-0.25, -0.2) is 4.39 Å². The van der Waals surface area contributed by atoms with Gasteiger partial charge in [0.1, 0.15) is 5.82 Å². The Morgan fingerprint density at radius 3 is 2.94 bits per heavy atom. The van der Waals surface area contributed by atoms with Crippen molar-refractivity contribution in [1.82, 2.24) is 0 Å². The molecule has 0 heterocycles. The van der Waals surface area contributed by atoms with Crippen LogP contribution < -0.4 is 0 Å². The summed E-state index contributed by atoms with van der Waals surface area (Å²) in [5, 5.41) is 0.237. The van der Waals surface area contributed by atoms with Crippen LogP contribution in [0.3, 0.4) is 0 Å². The van der Waals surface area contributed by atoms with Crippen LogP contribution in [0.25, 0.3) is 0 Å². The average molecular weight is 320 g/mol. The van der Waals surface area contributed by atoms with Gasteiger partial charge in [0.25, 0.3) is 0 Å². The van der Waals surface area contributed by atoms with Crippen LogP contribution in [0.15, 0.2) is 22.7 Å². The monoisotopic (exact) mass is 318 g/mol. The number of hydrogen-bond acceptors (Lipinski definition) is 0. The maximum atomic E-state index is 13.2. The first-order valence-electron chi connectivity index (χ1n) is 6.14. The molecule has 0 bridgehead atoms. The van der Waals surface area contributed by atoms with E-state index in [4.69, 9.17) is 11.6 Å². The highest BCUT2D eigenvalue weighted by Gasteiger charge is 2.27. The predicted molar refractivity (Wildman–Crippen MR) is 74.0 cm³/mol. The van der Waals surface area contributed by atoms with Crippen molar-refractivity contribution < 1.29 is 4.39 Å². The van der Waals surface area contributed by atoms with Crippen molar-refractivity contribution in [1.29, 1.82) is 0 Å². The largest absolute Gasteiger partial charge is 0.207 e. The van der Waals surface area contributed by atoms with E-state index < -0.39 is 0 Å². The van der Waals surface area contributed by atoms with E-state index >= 15 is 0 Å². The van der Waals surface area contributed by atoms with E-state index in [1.54, 1.807) is 12.1 Å². The number of alkyl halides is 1. The molecule has 3 heteroatoms. The first kappa shape index (κ1) is 13.4. The standard InChI is InChI=1S/C14H17BrClF/c1-9-2-5-14(16)11(6-9)7-10-8-12(17)3-4-13(10)15/h3-4,8-9,11,14H,2,5-7H2,1H3. The molecule has 3 atom stereocenters. The van der Waals surface area contributed by atoms with Crippen LogP contribution in [-0.4, -0.2) is 5.38 Å². The summed E-state index contributed by atoms with van der Waals surface area (Å²) in [4.78, 5) is 0. The first-order valence-corrected chi connectivity index (χ1v) is 7.37. The molecule has 1 aliphatic rings. The molecular formula is C14H17BrClF. The van der Waals surface area contributed by atoms with Gasteiger partial charge in [0.15, 0.2) is 0 Å². The minimum Gasteiger partial charge on any atom is -0.207 e. The van der Waals surface area contributed by atoms with Crippen molar-refractivity contribution in [2.24, 2.45) is 11.8 Å². The summed E-state index contributed by atoms with van der Waals surface area (Å²) in [7, 11) is 0. The zero-order valence-corrected chi connectivity index (χ0v) is 12.3. The lowest BCUT2D eigenvalue weighted by Gasteiger charge is -2.31. The Hall–Kier alpha value is -0.0800. The summed E-state index contributed by atoms with van der Waals surface area (Å²) in [6.07, 6.45) is 4.32. The molecule has 17 heavy (non-hydrogen) atoms. The van der Waals surface area contributed by atoms with Crippen molar-refractivity contribution in [2.45, 2.75) is 38.0 Å². The quantitative estimate of drug-likeness (QED) is 0.659. The topological polar surface area (TPSA) is 0 Å². The third kappa shape index (κ3) is 3.45. The van der Waals surface area contributed by atoms with Gasteiger partial charge in [-0.15, -0.1) is 11.6 Å². The third-order valence-corrected chi connectivity index (χ3v) is 4.99. The molecule has 0 amide bonds. The predicted octanol–water partition coefficient (Wildman–Crippen LogP) is 5.17. The Bertz CT molecular complexity index is 394. The smallest absolute Gasteiger partial charge is 0.123 e. The van der Waals surface area contributed by atoms with Crippen molar-refractivity contribution in [3.05, 3.63) is 34.1 Å². The van der Waals surface area contributed by atoms with Gasteiger partial charge in [0.2, 0.25) is 0 Å². The Morgan fingerprint density at radius 1 is 1.41 bits per heavy atom. The molecule has 1 fully saturated rings. The van der Waals surface area contributed by atoms with Gasteiger partial charge < -0.3 is 0 Å². The molecule has 2 rings (SSSR count). The molecule has 0 N–H and O–H groups in total. The lowest BCUT2D eigenvalue weighted by atomic mass is 9.79. The van der Waals surface area contributed by atoms with E-state index in [1.807, 2.05) is 0 Å². The Labute approximate surface area is 116 Å². The molecule has 1 aromatic rings. The zero-order valence-electron chi connectivity index (χ0n) is 9.93. The molecule has 0 aromatic heterocycles. The average Bonchev–Trinajstić information content (AvgIpc) is 2.28. The summed E-state index contributed by atoms with van der Waals surface area (Å²) in [6.45, 7) is 2.27. The third-order valence-electron chi connectivity index (χ3n) is 3.64. The minimum atomic E-state index is -0.168. The molecule has 3 unspecified atom stereocenters. The van der Waals surface area contributed by atoms with E-state index in [9.17, 15) is 4.39 Å². The van der Waals surface area contributed by atoms with Gasteiger partial charge in [-0.1, -0.05) is 22.9 Å². The molecule has 0 saturated heterocycles. The molecule has 0 aliphatic heterocycles. The summed E-state index contributed by atoms with van der Waals surface area (Å²) < 4.78 is 14.2. The molecule has 1 aliphatic carbocycles. The number of hydrogen-bond donors (Lipinski definition) is 0. The van der Waals surface area contributed by atoms with Crippen LogP contribution >= 0.6 is 27.5 Å². The Balaban J connectivity index is 2.11. The molecule has 0 spiro atoms. The second-order valence-electron chi connectivity index (χ2n) is 5.13. The molecule has 1 saturated carbocycles. The number of rotatable bonds is 2. The van der Waals surface area contributed by atoms with Crippen LogP contribution in [0, 0.1) is 17.7 Å². The van der Waals surface area contributed by atoms with Crippen molar-refractivity contribution in [3.8, 4) is 0 Å². The maximum Gasteiger partial charge on any atom is 0.123 e. The van der Waals surface area contributed by atoms with Crippen LogP contribution in [0.1, 0.15) is 31.7 Å². The summed E-state index contributed by atoms with van der Waals surface area (Å²) >= 11 is 9.86. The van der Waals surface area contributed by atoms with Crippen LogP contribution in [0.2, 0.25) is 0 Å². The van der Waals surface area contributed by atoms with E-state index in [2.05, 4.69) is 22.9 Å². The summed E-state index contributed by atoms with van der Waals surface area (Å²) in [5.41, 5.74) is 1.04. The molecule has 1 aromatic carbocycles. The van der Waals surface area contributed by atoms with Gasteiger partial charge in [0.05, 0.1) is 0 Å². The lowest BCUT2D eigenvalue weighted by Crippen LogP contribution is -2.26. The van der Waals surface area contributed by atoms with Crippen LogP contribution in [-0.2, 0) is 6.42 Å². The summed E-state index contributed by atoms with van der Waals surface area (Å²) in [6, 6.07) is 4.88. The SMILES string of the molecule is CC1CCC(Cl)C(Cc2cc(F)ccc2Br)C1. The normalized spacial score (nSPS) is 29.3. The molecule has 0 radical (unpaired) electrons. The van der Waals surface area contributed by atoms with Gasteiger partial charge in [-0.3, -0.25) is 0 Å². The lowest BCUT2D eigenvalue weighted by molar-refractivity contribution is 0.287. The maximum absolute atomic E-state index is 13.2. The highest BCUT2D eigenvalue weighted by Crippen LogP contribution is 2.35. The molecule has 0 nitrogen and oxygen atoms in total. The number of benzene rings is 1. The van der Waals surface area contributed by atoms with E-state index in [0.717, 1.165) is 35.2 Å². The van der Waals surface area contributed by atoms with Gasteiger partial charge >= 0.3 is 0 Å². The second kappa shape index (κ2) is 5.71. The highest BCUT2D eigenvalue weighted by molar-refractivity contribution is 9.10. The Morgan fingerprint density at radius 2 is 2.18 bits per heavy atom. The van der Waals surface area contributed by atoms with E-state index in [1.165, 1.54) is 12.5 Å². The second-order valence-corrected chi connectivity index (χ2v) is 6.55. The van der Waals surface area contributed by atoms with Crippen molar-refractivity contribution in [3.63, 3.8) is 0 Å². The van der Waals surface area contributed by atoms with Crippen molar-refractivity contribution in [2.75, 3.05) is 0 Å². The molecular weight excluding hydrogens is 303 g/mol. The van der Waals surface area contributed by atoms with Gasteiger partial charge in [-0.2, -0.15) is 0 Å². The fraction of sp³-hybridized carbons (Fsp3) is 0.571. The molecule has 94 valence electrons. The first-order chi connectivity index (χ1) is 8.06. The van der Waals surface area contributed by atoms with Gasteiger partial charge in [-0.05, 0) is 61.3 Å². The van der Waals surface area contributed by atoms with E-state index in [-0.39, 0.29) is 11.2 Å². The Kier molecular flexibility index (Phi) is 4.48.